The van der Waals surface area contributed by atoms with Crippen LogP contribution in [0.2, 0.25) is 0 Å². The molecule has 1 N–H and O–H groups in total. The monoisotopic (exact) mass is 445 g/mol. The first kappa shape index (κ1) is 22.3. The molecule has 0 unspecified atom stereocenters. The van der Waals surface area contributed by atoms with Crippen LogP contribution in [-0.4, -0.2) is 59.2 Å². The fourth-order valence-electron chi connectivity index (χ4n) is 3.84. The summed E-state index contributed by atoms with van der Waals surface area (Å²) in [7, 11) is 0. The molecule has 4 rings (SSSR count). The van der Waals surface area contributed by atoms with Gasteiger partial charge in [0.2, 0.25) is 11.8 Å². The van der Waals surface area contributed by atoms with Crippen LogP contribution in [0, 0.1) is 0 Å². The van der Waals surface area contributed by atoms with Crippen molar-refractivity contribution in [1.82, 2.24) is 20.0 Å². The Labute approximate surface area is 192 Å². The number of hydrogen-bond donors (Lipinski definition) is 1. The first-order valence-corrected chi connectivity index (χ1v) is 11.1. The minimum Gasteiger partial charge on any atom is -0.368 e. The van der Waals surface area contributed by atoms with Gasteiger partial charge in [-0.2, -0.15) is 5.10 Å². The van der Waals surface area contributed by atoms with E-state index in [0.29, 0.717) is 18.8 Å². The van der Waals surface area contributed by atoms with E-state index in [1.54, 1.807) is 6.07 Å². The number of para-hydroxylation sites is 1. The van der Waals surface area contributed by atoms with E-state index in [4.69, 9.17) is 0 Å². The van der Waals surface area contributed by atoms with E-state index >= 15 is 0 Å². The Bertz CT molecular complexity index is 1140. The number of carbonyl (C=O) groups is 2. The van der Waals surface area contributed by atoms with Gasteiger partial charge >= 0.3 is 0 Å². The Morgan fingerprint density at radius 2 is 1.52 bits per heavy atom. The SMILES string of the molecule is O=C(Cn1nc(-c2ccccc2)ccc1=O)NCCC(=O)N1CCN(c2ccccc2)CC1. The number of rotatable bonds is 7. The number of hydrogen-bond acceptors (Lipinski definition) is 5. The molecule has 8 heteroatoms. The van der Waals surface area contributed by atoms with Gasteiger partial charge in [-0.1, -0.05) is 48.5 Å². The van der Waals surface area contributed by atoms with Gasteiger partial charge in [-0.25, -0.2) is 4.68 Å². The summed E-state index contributed by atoms with van der Waals surface area (Å²) in [5.41, 5.74) is 2.30. The summed E-state index contributed by atoms with van der Waals surface area (Å²) in [5.74, 6) is -0.333. The maximum atomic E-state index is 12.5. The lowest BCUT2D eigenvalue weighted by Gasteiger charge is -2.36. The molecular formula is C25H27N5O3. The summed E-state index contributed by atoms with van der Waals surface area (Å²) in [6, 6.07) is 22.7. The molecule has 1 aromatic heterocycles. The average Bonchev–Trinajstić information content (AvgIpc) is 2.86. The molecule has 2 aromatic carbocycles. The van der Waals surface area contributed by atoms with E-state index in [0.717, 1.165) is 29.0 Å². The van der Waals surface area contributed by atoms with Crippen molar-refractivity contribution in [2.45, 2.75) is 13.0 Å². The third-order valence-electron chi connectivity index (χ3n) is 5.64. The molecule has 1 saturated heterocycles. The van der Waals surface area contributed by atoms with Gasteiger partial charge in [0.05, 0.1) is 5.69 Å². The summed E-state index contributed by atoms with van der Waals surface area (Å²) >= 11 is 0. The molecule has 8 nitrogen and oxygen atoms in total. The smallest absolute Gasteiger partial charge is 0.267 e. The summed E-state index contributed by atoms with van der Waals surface area (Å²) in [4.78, 5) is 41.1. The molecule has 0 spiro atoms. The van der Waals surface area contributed by atoms with Gasteiger partial charge in [-0.05, 0) is 18.2 Å². The van der Waals surface area contributed by atoms with Crippen molar-refractivity contribution >= 4 is 17.5 Å². The summed E-state index contributed by atoms with van der Waals surface area (Å²) in [6.45, 7) is 2.93. The molecule has 0 atom stereocenters. The zero-order chi connectivity index (χ0) is 23.0. The largest absolute Gasteiger partial charge is 0.368 e. The Morgan fingerprint density at radius 3 is 2.21 bits per heavy atom. The van der Waals surface area contributed by atoms with Crippen LogP contribution in [0.1, 0.15) is 6.42 Å². The number of nitrogens with zero attached hydrogens (tertiary/aromatic N) is 4. The van der Waals surface area contributed by atoms with Gasteiger partial charge in [-0.15, -0.1) is 0 Å². The number of piperazine rings is 1. The second-order valence-corrected chi connectivity index (χ2v) is 7.88. The van der Waals surface area contributed by atoms with E-state index in [1.807, 2.05) is 53.4 Å². The normalized spacial score (nSPS) is 13.6. The van der Waals surface area contributed by atoms with Crippen molar-refractivity contribution in [3.05, 3.63) is 83.2 Å². The second kappa shape index (κ2) is 10.6. The molecule has 0 bridgehead atoms. The van der Waals surface area contributed by atoms with E-state index in [1.165, 1.54) is 6.07 Å². The number of amides is 2. The lowest BCUT2D eigenvalue weighted by molar-refractivity contribution is -0.131. The van der Waals surface area contributed by atoms with Gasteiger partial charge < -0.3 is 15.1 Å². The van der Waals surface area contributed by atoms with Gasteiger partial charge in [0.15, 0.2) is 0 Å². The van der Waals surface area contributed by atoms with Gasteiger partial charge in [0.25, 0.3) is 5.56 Å². The number of anilines is 1. The zero-order valence-corrected chi connectivity index (χ0v) is 18.4. The fraction of sp³-hybridized carbons (Fsp3) is 0.280. The minimum absolute atomic E-state index is 0.0179. The first-order chi connectivity index (χ1) is 16.1. The fourth-order valence-corrected chi connectivity index (χ4v) is 3.84. The average molecular weight is 446 g/mol. The molecule has 2 amide bonds. The van der Waals surface area contributed by atoms with Crippen molar-refractivity contribution in [1.29, 1.82) is 0 Å². The molecule has 3 aromatic rings. The number of benzene rings is 2. The summed E-state index contributed by atoms with van der Waals surface area (Å²) < 4.78 is 1.14. The van der Waals surface area contributed by atoms with E-state index in [-0.39, 0.29) is 36.9 Å². The molecule has 33 heavy (non-hydrogen) atoms. The third kappa shape index (κ3) is 5.85. The zero-order valence-electron chi connectivity index (χ0n) is 18.4. The van der Waals surface area contributed by atoms with Crippen LogP contribution >= 0.6 is 0 Å². The van der Waals surface area contributed by atoms with Crippen LogP contribution in [0.5, 0.6) is 0 Å². The summed E-state index contributed by atoms with van der Waals surface area (Å²) in [6.07, 6.45) is 0.226. The Morgan fingerprint density at radius 1 is 0.848 bits per heavy atom. The van der Waals surface area contributed by atoms with Gasteiger partial charge in [-0.3, -0.25) is 14.4 Å². The predicted octanol–water partition coefficient (Wildman–Crippen LogP) is 1.77. The van der Waals surface area contributed by atoms with Crippen molar-refractivity contribution in [2.24, 2.45) is 0 Å². The highest BCUT2D eigenvalue weighted by molar-refractivity contribution is 5.79. The molecule has 0 aliphatic carbocycles. The lowest BCUT2D eigenvalue weighted by atomic mass is 10.1. The molecule has 2 heterocycles. The Kier molecular flexibility index (Phi) is 7.14. The van der Waals surface area contributed by atoms with Crippen LogP contribution in [0.25, 0.3) is 11.3 Å². The lowest BCUT2D eigenvalue weighted by Crippen LogP contribution is -2.49. The minimum atomic E-state index is -0.350. The number of carbonyl (C=O) groups excluding carboxylic acids is 2. The quantitative estimate of drug-likeness (QED) is 0.599. The molecule has 1 fully saturated rings. The highest BCUT2D eigenvalue weighted by Gasteiger charge is 2.21. The van der Waals surface area contributed by atoms with Crippen molar-refractivity contribution in [2.75, 3.05) is 37.6 Å². The van der Waals surface area contributed by atoms with Gasteiger partial charge in [0, 0.05) is 56.5 Å². The van der Waals surface area contributed by atoms with Crippen LogP contribution in [0.4, 0.5) is 5.69 Å². The molecule has 1 aliphatic rings. The number of nitrogens with one attached hydrogen (secondary N) is 1. The van der Waals surface area contributed by atoms with E-state index in [9.17, 15) is 14.4 Å². The highest BCUT2D eigenvalue weighted by Crippen LogP contribution is 2.16. The third-order valence-corrected chi connectivity index (χ3v) is 5.64. The van der Waals surface area contributed by atoms with Crippen molar-refractivity contribution < 1.29 is 9.59 Å². The van der Waals surface area contributed by atoms with Crippen LogP contribution < -0.4 is 15.8 Å². The highest BCUT2D eigenvalue weighted by atomic mass is 16.2. The van der Waals surface area contributed by atoms with Crippen LogP contribution in [0.15, 0.2) is 77.6 Å². The van der Waals surface area contributed by atoms with E-state index in [2.05, 4.69) is 27.4 Å². The van der Waals surface area contributed by atoms with Crippen molar-refractivity contribution in [3.8, 4) is 11.3 Å². The second-order valence-electron chi connectivity index (χ2n) is 7.88. The maximum absolute atomic E-state index is 12.5. The van der Waals surface area contributed by atoms with Crippen LogP contribution in [0.3, 0.4) is 0 Å². The topological polar surface area (TPSA) is 87.5 Å². The predicted molar refractivity (Wildman–Crippen MR) is 127 cm³/mol. The summed E-state index contributed by atoms with van der Waals surface area (Å²) in [5, 5.41) is 7.02. The maximum Gasteiger partial charge on any atom is 0.267 e. The van der Waals surface area contributed by atoms with Gasteiger partial charge in [0.1, 0.15) is 6.54 Å². The van der Waals surface area contributed by atoms with E-state index < -0.39 is 0 Å². The van der Waals surface area contributed by atoms with Crippen LogP contribution in [-0.2, 0) is 16.1 Å². The standard InChI is InChI=1S/C25H27N5O3/c31-23(19-30-25(33)12-11-22(27-30)20-7-3-1-4-8-20)26-14-13-24(32)29-17-15-28(16-18-29)21-9-5-2-6-10-21/h1-12H,13-19H2,(H,26,31). The Balaban J connectivity index is 1.23. The first-order valence-electron chi connectivity index (χ1n) is 11.1. The molecule has 0 radical (unpaired) electrons. The molecule has 0 saturated carbocycles. The Hall–Kier alpha value is -3.94. The van der Waals surface area contributed by atoms with Crippen molar-refractivity contribution in [3.63, 3.8) is 0 Å². The molecular weight excluding hydrogens is 418 g/mol. The number of aromatic nitrogens is 2. The molecule has 170 valence electrons. The molecule has 1 aliphatic heterocycles.